The summed E-state index contributed by atoms with van der Waals surface area (Å²) in [5.74, 6) is 1.23. The SMILES string of the molecule is Cc1ccn(-c2ccc(NCCNC(=O)c3ccc(C)c(C)c3)nn2)n1. The Morgan fingerprint density at radius 3 is 2.50 bits per heavy atom. The number of rotatable bonds is 6. The van der Waals surface area contributed by atoms with Crippen LogP contribution in [0, 0.1) is 20.8 Å². The van der Waals surface area contributed by atoms with Gasteiger partial charge >= 0.3 is 0 Å². The van der Waals surface area contributed by atoms with Crippen molar-refractivity contribution >= 4 is 11.7 Å². The first kappa shape index (κ1) is 17.6. The fourth-order valence-corrected chi connectivity index (χ4v) is 2.44. The number of carbonyl (C=O) groups excluding carboxylic acids is 1. The first-order valence-corrected chi connectivity index (χ1v) is 8.48. The zero-order valence-electron chi connectivity index (χ0n) is 15.2. The Balaban J connectivity index is 1.47. The maximum absolute atomic E-state index is 12.1. The van der Waals surface area contributed by atoms with Crippen LogP contribution in [-0.4, -0.2) is 39.0 Å². The second-order valence-electron chi connectivity index (χ2n) is 6.16. The van der Waals surface area contributed by atoms with Gasteiger partial charge in [-0.2, -0.15) is 5.10 Å². The molecule has 0 fully saturated rings. The fourth-order valence-electron chi connectivity index (χ4n) is 2.44. The van der Waals surface area contributed by atoms with E-state index >= 15 is 0 Å². The van der Waals surface area contributed by atoms with Gasteiger partial charge in [-0.05, 0) is 62.2 Å². The summed E-state index contributed by atoms with van der Waals surface area (Å²) in [6, 6.07) is 11.3. The van der Waals surface area contributed by atoms with E-state index in [1.807, 2.05) is 63.4 Å². The largest absolute Gasteiger partial charge is 0.367 e. The van der Waals surface area contributed by atoms with Crippen LogP contribution in [0.2, 0.25) is 0 Å². The zero-order valence-corrected chi connectivity index (χ0v) is 15.2. The predicted octanol–water partition coefficient (Wildman–Crippen LogP) is 2.43. The van der Waals surface area contributed by atoms with Crippen LogP contribution in [0.1, 0.15) is 27.2 Å². The molecule has 2 N–H and O–H groups in total. The van der Waals surface area contributed by atoms with Crippen molar-refractivity contribution in [2.75, 3.05) is 18.4 Å². The molecule has 0 bridgehead atoms. The number of carbonyl (C=O) groups is 1. The van der Waals surface area contributed by atoms with Gasteiger partial charge in [0.05, 0.1) is 5.69 Å². The molecule has 7 heteroatoms. The molecule has 0 unspecified atom stereocenters. The van der Waals surface area contributed by atoms with Crippen molar-refractivity contribution in [2.45, 2.75) is 20.8 Å². The van der Waals surface area contributed by atoms with Crippen LogP contribution >= 0.6 is 0 Å². The molecule has 0 saturated carbocycles. The average Bonchev–Trinajstić information content (AvgIpc) is 3.08. The van der Waals surface area contributed by atoms with E-state index in [2.05, 4.69) is 25.9 Å². The summed E-state index contributed by atoms with van der Waals surface area (Å²) in [6.07, 6.45) is 1.84. The van der Waals surface area contributed by atoms with E-state index < -0.39 is 0 Å². The van der Waals surface area contributed by atoms with Gasteiger partial charge in [0, 0.05) is 24.8 Å². The lowest BCUT2D eigenvalue weighted by atomic mass is 10.1. The van der Waals surface area contributed by atoms with Gasteiger partial charge in [-0.15, -0.1) is 10.2 Å². The summed E-state index contributed by atoms with van der Waals surface area (Å²) in [4.78, 5) is 12.1. The molecule has 0 aliphatic carbocycles. The second-order valence-corrected chi connectivity index (χ2v) is 6.16. The van der Waals surface area contributed by atoms with Crippen molar-refractivity contribution in [2.24, 2.45) is 0 Å². The van der Waals surface area contributed by atoms with Crippen LogP contribution in [0.25, 0.3) is 5.82 Å². The predicted molar refractivity (Wildman–Crippen MR) is 101 cm³/mol. The Hall–Kier alpha value is -3.22. The van der Waals surface area contributed by atoms with Crippen LogP contribution in [-0.2, 0) is 0 Å². The van der Waals surface area contributed by atoms with E-state index in [1.54, 1.807) is 4.68 Å². The zero-order chi connectivity index (χ0) is 18.5. The maximum atomic E-state index is 12.1. The molecule has 0 spiro atoms. The Labute approximate surface area is 152 Å². The maximum Gasteiger partial charge on any atom is 0.251 e. The molecule has 134 valence electrons. The number of hydrogen-bond acceptors (Lipinski definition) is 5. The Kier molecular flexibility index (Phi) is 5.26. The highest BCUT2D eigenvalue weighted by Crippen LogP contribution is 2.09. The van der Waals surface area contributed by atoms with E-state index in [1.165, 1.54) is 5.56 Å². The molecule has 3 aromatic rings. The summed E-state index contributed by atoms with van der Waals surface area (Å²) in [5.41, 5.74) is 3.88. The van der Waals surface area contributed by atoms with Crippen LogP contribution in [0.4, 0.5) is 5.82 Å². The van der Waals surface area contributed by atoms with Gasteiger partial charge in [-0.25, -0.2) is 4.68 Å². The standard InChI is InChI=1S/C19H22N6O/c1-13-4-5-16(12-14(13)2)19(26)21-10-9-20-17-6-7-18(23-22-17)25-11-8-15(3)24-25/h4-8,11-12H,9-10H2,1-3H3,(H,20,22)(H,21,26). The van der Waals surface area contributed by atoms with Gasteiger partial charge in [-0.1, -0.05) is 6.07 Å². The summed E-state index contributed by atoms with van der Waals surface area (Å²) in [6.45, 7) is 7.01. The molecule has 26 heavy (non-hydrogen) atoms. The van der Waals surface area contributed by atoms with Gasteiger partial charge in [0.2, 0.25) is 0 Å². The minimum Gasteiger partial charge on any atom is -0.367 e. The monoisotopic (exact) mass is 350 g/mol. The van der Waals surface area contributed by atoms with E-state index in [4.69, 9.17) is 0 Å². The highest BCUT2D eigenvalue weighted by atomic mass is 16.1. The molecular formula is C19H22N6O. The number of nitrogens with zero attached hydrogens (tertiary/aromatic N) is 4. The van der Waals surface area contributed by atoms with E-state index in [0.29, 0.717) is 30.3 Å². The number of hydrogen-bond donors (Lipinski definition) is 2. The second kappa shape index (κ2) is 7.77. The summed E-state index contributed by atoms with van der Waals surface area (Å²) in [5, 5.41) is 18.6. The normalized spacial score (nSPS) is 10.6. The molecule has 1 amide bonds. The smallest absolute Gasteiger partial charge is 0.251 e. The lowest BCUT2D eigenvalue weighted by Gasteiger charge is -2.09. The van der Waals surface area contributed by atoms with Gasteiger partial charge in [0.1, 0.15) is 5.82 Å². The van der Waals surface area contributed by atoms with Crippen molar-refractivity contribution in [1.82, 2.24) is 25.3 Å². The van der Waals surface area contributed by atoms with Crippen molar-refractivity contribution in [1.29, 1.82) is 0 Å². The molecule has 1 aromatic carbocycles. The minimum absolute atomic E-state index is 0.0783. The van der Waals surface area contributed by atoms with Crippen molar-refractivity contribution < 1.29 is 4.79 Å². The van der Waals surface area contributed by atoms with E-state index in [0.717, 1.165) is 11.3 Å². The number of aryl methyl sites for hydroxylation is 3. The number of anilines is 1. The molecule has 3 rings (SSSR count). The van der Waals surface area contributed by atoms with E-state index in [9.17, 15) is 4.79 Å². The first-order chi connectivity index (χ1) is 12.5. The quantitative estimate of drug-likeness (QED) is 0.667. The Morgan fingerprint density at radius 1 is 1.00 bits per heavy atom. The van der Waals surface area contributed by atoms with Gasteiger partial charge in [0.25, 0.3) is 5.91 Å². The molecular weight excluding hydrogens is 328 g/mol. The van der Waals surface area contributed by atoms with Crippen molar-refractivity contribution in [3.05, 3.63) is 65.0 Å². The summed E-state index contributed by atoms with van der Waals surface area (Å²) in [7, 11) is 0. The molecule has 0 aliphatic heterocycles. The molecule has 2 heterocycles. The fraction of sp³-hybridized carbons (Fsp3) is 0.263. The number of amides is 1. The van der Waals surface area contributed by atoms with E-state index in [-0.39, 0.29) is 5.91 Å². The molecule has 0 atom stereocenters. The van der Waals surface area contributed by atoms with Crippen LogP contribution in [0.15, 0.2) is 42.6 Å². The van der Waals surface area contributed by atoms with Gasteiger partial charge in [-0.3, -0.25) is 4.79 Å². The molecule has 2 aromatic heterocycles. The third-order valence-electron chi connectivity index (χ3n) is 4.09. The van der Waals surface area contributed by atoms with Crippen molar-refractivity contribution in [3.63, 3.8) is 0 Å². The van der Waals surface area contributed by atoms with Crippen LogP contribution in [0.3, 0.4) is 0 Å². The number of benzene rings is 1. The highest BCUT2D eigenvalue weighted by molar-refractivity contribution is 5.94. The summed E-state index contributed by atoms with van der Waals surface area (Å²) >= 11 is 0. The number of nitrogens with one attached hydrogen (secondary N) is 2. The topological polar surface area (TPSA) is 84.7 Å². The molecule has 0 radical (unpaired) electrons. The molecule has 7 nitrogen and oxygen atoms in total. The molecule has 0 saturated heterocycles. The third-order valence-corrected chi connectivity index (χ3v) is 4.09. The van der Waals surface area contributed by atoms with Gasteiger partial charge in [0.15, 0.2) is 5.82 Å². The third kappa shape index (κ3) is 4.24. The number of aromatic nitrogens is 4. The minimum atomic E-state index is -0.0783. The van der Waals surface area contributed by atoms with Crippen LogP contribution < -0.4 is 10.6 Å². The Bertz CT molecular complexity index is 901. The first-order valence-electron chi connectivity index (χ1n) is 8.48. The average molecular weight is 350 g/mol. The van der Waals surface area contributed by atoms with Crippen molar-refractivity contribution in [3.8, 4) is 5.82 Å². The van der Waals surface area contributed by atoms with Gasteiger partial charge < -0.3 is 10.6 Å². The lowest BCUT2D eigenvalue weighted by Crippen LogP contribution is -2.29. The Morgan fingerprint density at radius 2 is 1.85 bits per heavy atom. The van der Waals surface area contributed by atoms with Crippen LogP contribution in [0.5, 0.6) is 0 Å². The lowest BCUT2D eigenvalue weighted by molar-refractivity contribution is 0.0955. The highest BCUT2D eigenvalue weighted by Gasteiger charge is 2.06. The summed E-state index contributed by atoms with van der Waals surface area (Å²) < 4.78 is 1.68. The molecule has 0 aliphatic rings.